The first-order valence-corrected chi connectivity index (χ1v) is 4.43. The lowest BCUT2D eigenvalue weighted by Gasteiger charge is -2.32. The van der Waals surface area contributed by atoms with Gasteiger partial charge in [-0.2, -0.15) is 5.26 Å². The van der Waals surface area contributed by atoms with Crippen molar-refractivity contribution >= 4 is 0 Å². The van der Waals surface area contributed by atoms with Crippen molar-refractivity contribution in [2.75, 3.05) is 0 Å². The zero-order valence-corrected chi connectivity index (χ0v) is 8.37. The highest BCUT2D eigenvalue weighted by Gasteiger charge is 2.32. The molecule has 0 aromatic rings. The van der Waals surface area contributed by atoms with Gasteiger partial charge >= 0.3 is 0 Å². The van der Waals surface area contributed by atoms with Gasteiger partial charge in [-0.3, -0.25) is 0 Å². The summed E-state index contributed by atoms with van der Waals surface area (Å²) in [5.41, 5.74) is -1.04. The SMILES string of the molecule is CC(C)(C)OC1(C#N)C=CC=CC1. The van der Waals surface area contributed by atoms with E-state index < -0.39 is 5.60 Å². The average molecular weight is 177 g/mol. The van der Waals surface area contributed by atoms with E-state index in [9.17, 15) is 0 Å². The number of nitriles is 1. The Morgan fingerprint density at radius 1 is 1.38 bits per heavy atom. The molecule has 13 heavy (non-hydrogen) atoms. The summed E-state index contributed by atoms with van der Waals surface area (Å²) in [7, 11) is 0. The highest BCUT2D eigenvalue weighted by atomic mass is 16.5. The smallest absolute Gasteiger partial charge is 0.177 e. The Kier molecular flexibility index (Phi) is 2.58. The third kappa shape index (κ3) is 2.71. The van der Waals surface area contributed by atoms with Crippen LogP contribution >= 0.6 is 0 Å². The van der Waals surface area contributed by atoms with E-state index in [1.807, 2.05) is 45.1 Å². The van der Waals surface area contributed by atoms with E-state index in [2.05, 4.69) is 6.07 Å². The van der Waals surface area contributed by atoms with Crippen molar-refractivity contribution in [1.29, 1.82) is 5.26 Å². The first-order chi connectivity index (χ1) is 5.97. The number of rotatable bonds is 1. The van der Waals surface area contributed by atoms with Crippen LogP contribution in [0, 0.1) is 11.3 Å². The lowest BCUT2D eigenvalue weighted by molar-refractivity contribution is -0.0743. The topological polar surface area (TPSA) is 33.0 Å². The number of hydrogen-bond acceptors (Lipinski definition) is 2. The van der Waals surface area contributed by atoms with Gasteiger partial charge in [0.25, 0.3) is 0 Å². The molecule has 0 fully saturated rings. The van der Waals surface area contributed by atoms with Crippen molar-refractivity contribution in [1.82, 2.24) is 0 Å². The minimum Gasteiger partial charge on any atom is -0.351 e. The summed E-state index contributed by atoms with van der Waals surface area (Å²) in [6, 6.07) is 2.21. The van der Waals surface area contributed by atoms with Crippen molar-refractivity contribution in [3.05, 3.63) is 24.3 Å². The van der Waals surface area contributed by atoms with Gasteiger partial charge in [-0.05, 0) is 26.8 Å². The second kappa shape index (κ2) is 3.35. The highest BCUT2D eigenvalue weighted by Crippen LogP contribution is 2.27. The minimum absolute atomic E-state index is 0.286. The van der Waals surface area contributed by atoms with Crippen LogP contribution in [0.25, 0.3) is 0 Å². The molecule has 1 aliphatic rings. The molecule has 0 amide bonds. The normalized spacial score (nSPS) is 27.2. The summed E-state index contributed by atoms with van der Waals surface area (Å²) >= 11 is 0. The molecule has 0 saturated carbocycles. The molecule has 0 radical (unpaired) electrons. The van der Waals surface area contributed by atoms with Crippen molar-refractivity contribution in [2.24, 2.45) is 0 Å². The quantitative estimate of drug-likeness (QED) is 0.616. The van der Waals surface area contributed by atoms with E-state index in [0.717, 1.165) is 0 Å². The predicted octanol–water partition coefficient (Wildman–Crippen LogP) is 2.58. The molecule has 0 heterocycles. The van der Waals surface area contributed by atoms with Gasteiger partial charge in [0.1, 0.15) is 6.07 Å². The van der Waals surface area contributed by atoms with Crippen LogP contribution in [-0.4, -0.2) is 11.2 Å². The second-order valence-electron chi connectivity index (χ2n) is 4.21. The number of ether oxygens (including phenoxy) is 1. The molecule has 0 N–H and O–H groups in total. The average Bonchev–Trinajstić information content (AvgIpc) is 2.03. The Balaban J connectivity index is 2.79. The van der Waals surface area contributed by atoms with Crippen molar-refractivity contribution in [2.45, 2.75) is 38.4 Å². The molecule has 70 valence electrons. The zero-order chi connectivity index (χ0) is 9.95. The fourth-order valence-electron chi connectivity index (χ4n) is 1.33. The monoisotopic (exact) mass is 177 g/mol. The molecule has 1 atom stereocenters. The van der Waals surface area contributed by atoms with Crippen LogP contribution in [0.3, 0.4) is 0 Å². The highest BCUT2D eigenvalue weighted by molar-refractivity contribution is 5.26. The van der Waals surface area contributed by atoms with Crippen molar-refractivity contribution in [3.63, 3.8) is 0 Å². The summed E-state index contributed by atoms with van der Waals surface area (Å²) < 4.78 is 5.72. The molecule has 1 aliphatic carbocycles. The molecule has 0 aliphatic heterocycles. The molecule has 1 unspecified atom stereocenters. The van der Waals surface area contributed by atoms with Crippen LogP contribution in [0.2, 0.25) is 0 Å². The Morgan fingerprint density at radius 2 is 2.08 bits per heavy atom. The van der Waals surface area contributed by atoms with Gasteiger partial charge in [0, 0.05) is 6.42 Å². The van der Waals surface area contributed by atoms with Gasteiger partial charge in [-0.15, -0.1) is 0 Å². The second-order valence-corrected chi connectivity index (χ2v) is 4.21. The number of allylic oxidation sites excluding steroid dienone is 2. The van der Waals surface area contributed by atoms with Crippen LogP contribution in [0.5, 0.6) is 0 Å². The maximum Gasteiger partial charge on any atom is 0.177 e. The summed E-state index contributed by atoms with van der Waals surface area (Å²) in [4.78, 5) is 0. The Bertz CT molecular complexity index is 277. The third-order valence-corrected chi connectivity index (χ3v) is 1.71. The Hall–Kier alpha value is -1.07. The van der Waals surface area contributed by atoms with E-state index >= 15 is 0 Å². The summed E-state index contributed by atoms with van der Waals surface area (Å²) in [5, 5.41) is 9.04. The van der Waals surface area contributed by atoms with Gasteiger partial charge < -0.3 is 4.74 Å². The van der Waals surface area contributed by atoms with E-state index in [1.54, 1.807) is 0 Å². The summed E-state index contributed by atoms with van der Waals surface area (Å²) in [6.07, 6.45) is 8.20. The molecule has 2 heteroatoms. The van der Waals surface area contributed by atoms with E-state index in [1.165, 1.54) is 0 Å². The fraction of sp³-hybridized carbons (Fsp3) is 0.545. The molecule has 0 aromatic heterocycles. The zero-order valence-electron chi connectivity index (χ0n) is 8.37. The molecule has 0 spiro atoms. The summed E-state index contributed by atoms with van der Waals surface area (Å²) in [5.74, 6) is 0. The van der Waals surface area contributed by atoms with Gasteiger partial charge in [-0.25, -0.2) is 0 Å². The lowest BCUT2D eigenvalue weighted by atomic mass is 9.95. The van der Waals surface area contributed by atoms with E-state index in [-0.39, 0.29) is 5.60 Å². The molecular weight excluding hydrogens is 162 g/mol. The predicted molar refractivity (Wildman–Crippen MR) is 52.1 cm³/mol. The Labute approximate surface area is 79.5 Å². The first kappa shape index (κ1) is 10.0. The number of hydrogen-bond donors (Lipinski definition) is 0. The molecule has 0 saturated heterocycles. The minimum atomic E-state index is -0.757. The maximum atomic E-state index is 9.04. The van der Waals surface area contributed by atoms with Crippen molar-refractivity contribution in [3.8, 4) is 6.07 Å². The van der Waals surface area contributed by atoms with Crippen LogP contribution < -0.4 is 0 Å². The van der Waals surface area contributed by atoms with Crippen LogP contribution in [-0.2, 0) is 4.74 Å². The molecule has 0 aromatic carbocycles. The lowest BCUT2D eigenvalue weighted by Crippen LogP contribution is -2.37. The molecular formula is C11H15NO. The Morgan fingerprint density at radius 3 is 2.46 bits per heavy atom. The molecule has 2 nitrogen and oxygen atoms in total. The standard InChI is InChI=1S/C11H15NO/c1-10(2,3)13-11(9-12)7-5-4-6-8-11/h4-7H,8H2,1-3H3. The van der Waals surface area contributed by atoms with Gasteiger partial charge in [0.2, 0.25) is 0 Å². The van der Waals surface area contributed by atoms with Gasteiger partial charge in [0.15, 0.2) is 5.60 Å². The van der Waals surface area contributed by atoms with Gasteiger partial charge in [0.05, 0.1) is 5.60 Å². The van der Waals surface area contributed by atoms with Gasteiger partial charge in [-0.1, -0.05) is 18.2 Å². The first-order valence-electron chi connectivity index (χ1n) is 4.43. The van der Waals surface area contributed by atoms with E-state index in [4.69, 9.17) is 10.00 Å². The van der Waals surface area contributed by atoms with Crippen LogP contribution in [0.4, 0.5) is 0 Å². The van der Waals surface area contributed by atoms with Crippen LogP contribution in [0.15, 0.2) is 24.3 Å². The third-order valence-electron chi connectivity index (χ3n) is 1.71. The van der Waals surface area contributed by atoms with Crippen molar-refractivity contribution < 1.29 is 4.74 Å². The maximum absolute atomic E-state index is 9.04. The molecule has 1 rings (SSSR count). The summed E-state index contributed by atoms with van der Waals surface area (Å²) in [6.45, 7) is 5.87. The molecule has 0 bridgehead atoms. The number of nitrogens with zero attached hydrogens (tertiary/aromatic N) is 1. The largest absolute Gasteiger partial charge is 0.351 e. The van der Waals surface area contributed by atoms with E-state index in [0.29, 0.717) is 6.42 Å². The fourth-order valence-corrected chi connectivity index (χ4v) is 1.33. The van der Waals surface area contributed by atoms with Crippen LogP contribution in [0.1, 0.15) is 27.2 Å².